The van der Waals surface area contributed by atoms with E-state index < -0.39 is 10.0 Å². The summed E-state index contributed by atoms with van der Waals surface area (Å²) in [6, 6.07) is 24.0. The smallest absolute Gasteiger partial charge is 0.243 e. The Morgan fingerprint density at radius 2 is 1.26 bits per heavy atom. The van der Waals surface area contributed by atoms with Gasteiger partial charge >= 0.3 is 0 Å². The second-order valence-electron chi connectivity index (χ2n) is 7.81. The number of nitrogens with zero attached hydrogens (tertiary/aromatic N) is 2. The molecule has 0 spiro atoms. The van der Waals surface area contributed by atoms with E-state index in [0.717, 1.165) is 22.3 Å². The van der Waals surface area contributed by atoms with Crippen LogP contribution in [0.3, 0.4) is 0 Å². The number of hydrogen-bond acceptors (Lipinski definition) is 3. The zero-order valence-corrected chi connectivity index (χ0v) is 19.0. The van der Waals surface area contributed by atoms with Crippen LogP contribution in [0.5, 0.6) is 0 Å². The predicted octanol–water partition coefficient (Wildman–Crippen LogP) is 4.15. The van der Waals surface area contributed by atoms with Crippen molar-refractivity contribution in [1.82, 2.24) is 9.21 Å². The molecular formula is C25H28N2O3S. The topological polar surface area (TPSA) is 57.7 Å². The highest BCUT2D eigenvalue weighted by Crippen LogP contribution is 2.20. The Morgan fingerprint density at radius 3 is 1.84 bits per heavy atom. The normalized spacial score (nSPS) is 11.5. The van der Waals surface area contributed by atoms with Gasteiger partial charge < -0.3 is 4.90 Å². The molecule has 3 aromatic carbocycles. The van der Waals surface area contributed by atoms with Crippen LogP contribution < -0.4 is 0 Å². The highest BCUT2D eigenvalue weighted by Gasteiger charge is 2.28. The summed E-state index contributed by atoms with van der Waals surface area (Å²) in [5.41, 5.74) is 3.89. The molecule has 0 saturated carbocycles. The molecule has 0 radical (unpaired) electrons. The minimum Gasteiger partial charge on any atom is -0.340 e. The predicted molar refractivity (Wildman–Crippen MR) is 123 cm³/mol. The SMILES string of the molecule is Cc1ccc(CN(CC(=O)N(C)Cc2ccccc2)S(=O)(=O)c2ccc(C)cc2)cc1. The van der Waals surface area contributed by atoms with Crippen molar-refractivity contribution in [2.75, 3.05) is 13.6 Å². The molecular weight excluding hydrogens is 408 g/mol. The van der Waals surface area contributed by atoms with E-state index in [1.807, 2.05) is 68.4 Å². The Morgan fingerprint density at radius 1 is 0.742 bits per heavy atom. The van der Waals surface area contributed by atoms with E-state index in [1.54, 1.807) is 36.2 Å². The first-order valence-corrected chi connectivity index (χ1v) is 11.6. The lowest BCUT2D eigenvalue weighted by molar-refractivity contribution is -0.130. The summed E-state index contributed by atoms with van der Waals surface area (Å²) >= 11 is 0. The Balaban J connectivity index is 1.85. The van der Waals surface area contributed by atoms with E-state index in [1.165, 1.54) is 4.31 Å². The van der Waals surface area contributed by atoms with Crippen LogP contribution in [0.4, 0.5) is 0 Å². The molecule has 0 aliphatic rings. The number of carbonyl (C=O) groups excluding carboxylic acids is 1. The van der Waals surface area contributed by atoms with Gasteiger partial charge in [-0.15, -0.1) is 0 Å². The van der Waals surface area contributed by atoms with E-state index in [-0.39, 0.29) is 23.9 Å². The molecule has 0 heterocycles. The van der Waals surface area contributed by atoms with Gasteiger partial charge in [-0.2, -0.15) is 4.31 Å². The van der Waals surface area contributed by atoms with Crippen molar-refractivity contribution in [1.29, 1.82) is 0 Å². The summed E-state index contributed by atoms with van der Waals surface area (Å²) in [6.45, 7) is 4.20. The molecule has 5 nitrogen and oxygen atoms in total. The van der Waals surface area contributed by atoms with Crippen LogP contribution in [0.2, 0.25) is 0 Å². The van der Waals surface area contributed by atoms with Crippen molar-refractivity contribution in [3.8, 4) is 0 Å². The number of rotatable bonds is 8. The van der Waals surface area contributed by atoms with E-state index in [4.69, 9.17) is 0 Å². The molecule has 162 valence electrons. The maximum absolute atomic E-state index is 13.4. The van der Waals surface area contributed by atoms with Crippen molar-refractivity contribution >= 4 is 15.9 Å². The molecule has 0 aliphatic heterocycles. The lowest BCUT2D eigenvalue weighted by Gasteiger charge is -2.25. The number of aryl methyl sites for hydroxylation is 2. The Hall–Kier alpha value is -2.96. The van der Waals surface area contributed by atoms with Crippen LogP contribution in [-0.4, -0.2) is 37.1 Å². The van der Waals surface area contributed by atoms with Gasteiger partial charge in [-0.3, -0.25) is 4.79 Å². The zero-order chi connectivity index (χ0) is 22.4. The summed E-state index contributed by atoms with van der Waals surface area (Å²) < 4.78 is 28.0. The second-order valence-corrected chi connectivity index (χ2v) is 9.75. The van der Waals surface area contributed by atoms with Crippen molar-refractivity contribution < 1.29 is 13.2 Å². The van der Waals surface area contributed by atoms with Gasteiger partial charge in [0.25, 0.3) is 0 Å². The quantitative estimate of drug-likeness (QED) is 0.533. The highest BCUT2D eigenvalue weighted by atomic mass is 32.2. The minimum atomic E-state index is -3.84. The maximum Gasteiger partial charge on any atom is 0.243 e. The molecule has 0 unspecified atom stereocenters. The molecule has 0 saturated heterocycles. The zero-order valence-electron chi connectivity index (χ0n) is 18.2. The van der Waals surface area contributed by atoms with Gasteiger partial charge in [0.15, 0.2) is 0 Å². The minimum absolute atomic E-state index is 0.126. The number of hydrogen-bond donors (Lipinski definition) is 0. The number of carbonyl (C=O) groups is 1. The third-order valence-electron chi connectivity index (χ3n) is 5.14. The van der Waals surface area contributed by atoms with Crippen molar-refractivity contribution in [2.24, 2.45) is 0 Å². The van der Waals surface area contributed by atoms with E-state index >= 15 is 0 Å². The molecule has 0 fully saturated rings. The van der Waals surface area contributed by atoms with Crippen LogP contribution in [0.25, 0.3) is 0 Å². The van der Waals surface area contributed by atoms with Crippen LogP contribution in [0.1, 0.15) is 22.3 Å². The standard InChI is InChI=1S/C25H28N2O3S/c1-20-9-13-23(14-10-20)18-27(31(29,30)24-15-11-21(2)12-16-24)19-25(28)26(3)17-22-7-5-4-6-8-22/h4-16H,17-19H2,1-3H3. The number of amides is 1. The molecule has 0 aliphatic carbocycles. The fraction of sp³-hybridized carbons (Fsp3) is 0.240. The molecule has 3 aromatic rings. The fourth-order valence-corrected chi connectivity index (χ4v) is 4.58. The molecule has 0 N–H and O–H groups in total. The lowest BCUT2D eigenvalue weighted by atomic mass is 10.1. The summed E-state index contributed by atoms with van der Waals surface area (Å²) in [5.74, 6) is -0.258. The molecule has 31 heavy (non-hydrogen) atoms. The van der Waals surface area contributed by atoms with Crippen molar-refractivity contribution in [3.05, 3.63) is 101 Å². The van der Waals surface area contributed by atoms with Gasteiger partial charge in [-0.05, 0) is 37.1 Å². The molecule has 1 amide bonds. The van der Waals surface area contributed by atoms with Gasteiger partial charge in [-0.1, -0.05) is 77.9 Å². The molecule has 0 aromatic heterocycles. The average molecular weight is 437 g/mol. The van der Waals surface area contributed by atoms with E-state index in [9.17, 15) is 13.2 Å². The van der Waals surface area contributed by atoms with Crippen LogP contribution in [0.15, 0.2) is 83.8 Å². The van der Waals surface area contributed by atoms with Crippen LogP contribution in [0, 0.1) is 13.8 Å². The van der Waals surface area contributed by atoms with E-state index in [2.05, 4.69) is 0 Å². The molecule has 6 heteroatoms. The number of benzene rings is 3. The van der Waals surface area contributed by atoms with E-state index in [0.29, 0.717) is 6.54 Å². The number of likely N-dealkylation sites (N-methyl/N-ethyl adjacent to an activating group) is 1. The summed E-state index contributed by atoms with van der Waals surface area (Å²) in [6.07, 6.45) is 0. The van der Waals surface area contributed by atoms with Gasteiger partial charge in [0.1, 0.15) is 0 Å². The third kappa shape index (κ3) is 6.03. The van der Waals surface area contributed by atoms with Gasteiger partial charge in [0.2, 0.25) is 15.9 Å². The lowest BCUT2D eigenvalue weighted by Crippen LogP contribution is -2.40. The second kappa shape index (κ2) is 9.90. The highest BCUT2D eigenvalue weighted by molar-refractivity contribution is 7.89. The summed E-state index contributed by atoms with van der Waals surface area (Å²) in [4.78, 5) is 14.7. The van der Waals surface area contributed by atoms with Crippen molar-refractivity contribution in [2.45, 2.75) is 31.8 Å². The summed E-state index contributed by atoms with van der Waals surface area (Å²) in [5, 5.41) is 0. The van der Waals surface area contributed by atoms with Gasteiger partial charge in [0, 0.05) is 20.1 Å². The largest absolute Gasteiger partial charge is 0.340 e. The van der Waals surface area contributed by atoms with Crippen LogP contribution in [-0.2, 0) is 27.9 Å². The maximum atomic E-state index is 13.4. The van der Waals surface area contributed by atoms with Crippen LogP contribution >= 0.6 is 0 Å². The Labute approximate surface area is 185 Å². The van der Waals surface area contributed by atoms with Crippen molar-refractivity contribution in [3.63, 3.8) is 0 Å². The first-order valence-electron chi connectivity index (χ1n) is 10.2. The number of sulfonamides is 1. The monoisotopic (exact) mass is 436 g/mol. The first kappa shape index (κ1) is 22.7. The molecule has 0 bridgehead atoms. The summed E-state index contributed by atoms with van der Waals surface area (Å²) in [7, 11) is -2.15. The third-order valence-corrected chi connectivity index (χ3v) is 6.94. The first-order chi connectivity index (χ1) is 14.8. The molecule has 3 rings (SSSR count). The van der Waals surface area contributed by atoms with Gasteiger partial charge in [0.05, 0.1) is 11.4 Å². The fourth-order valence-electron chi connectivity index (χ4n) is 3.20. The Bertz CT molecular complexity index is 1110. The Kier molecular flexibility index (Phi) is 7.25. The molecule has 0 atom stereocenters. The van der Waals surface area contributed by atoms with Gasteiger partial charge in [-0.25, -0.2) is 8.42 Å². The average Bonchev–Trinajstić information content (AvgIpc) is 2.75.